The summed E-state index contributed by atoms with van der Waals surface area (Å²) in [4.78, 5) is 26.3. The molecule has 0 unspecified atom stereocenters. The monoisotopic (exact) mass is 797 g/mol. The maximum Gasteiger partial charge on any atom is 0.330 e. The van der Waals surface area contributed by atoms with Crippen molar-refractivity contribution in [2.75, 3.05) is 6.61 Å². The molecule has 58 heavy (non-hydrogen) atoms. The topological polar surface area (TPSA) is 104 Å². The largest absolute Gasteiger partial charge is 0.458 e. The van der Waals surface area contributed by atoms with Crippen LogP contribution in [0.4, 0.5) is 0 Å². The molecule has 0 radical (unpaired) electrons. The number of hydrogen-bond donors (Lipinski definition) is 3. The summed E-state index contributed by atoms with van der Waals surface area (Å²) < 4.78 is 5.57. The Morgan fingerprint density at radius 2 is 1.34 bits per heavy atom. The van der Waals surface area contributed by atoms with Crippen LogP contribution in [0.25, 0.3) is 0 Å². The number of aliphatic hydroxyl groups is 3. The number of ketones is 1. The molecule has 0 aromatic carbocycles. The van der Waals surface area contributed by atoms with Gasteiger partial charge in [-0.15, -0.1) is 0 Å². The van der Waals surface area contributed by atoms with Crippen molar-refractivity contribution in [1.82, 2.24) is 0 Å². The lowest BCUT2D eigenvalue weighted by Crippen LogP contribution is -2.48. The van der Waals surface area contributed by atoms with Gasteiger partial charge in [-0.25, -0.2) is 4.79 Å². The summed E-state index contributed by atoms with van der Waals surface area (Å²) in [5.41, 5.74) is 4.46. The molecule has 0 fully saturated rings. The first kappa shape index (κ1) is 50.3. The van der Waals surface area contributed by atoms with Gasteiger partial charge in [0, 0.05) is 23.5 Å². The van der Waals surface area contributed by atoms with Crippen LogP contribution in [0.5, 0.6) is 0 Å². The van der Waals surface area contributed by atoms with Gasteiger partial charge in [-0.3, -0.25) is 4.79 Å². The summed E-state index contributed by atoms with van der Waals surface area (Å²) in [5.74, 6) is -0.532. The molecule has 6 nitrogen and oxygen atoms in total. The lowest BCUT2D eigenvalue weighted by molar-refractivity contribution is -0.137. The number of ether oxygens (including phenoxy) is 1. The minimum absolute atomic E-state index is 0.0851. The van der Waals surface area contributed by atoms with E-state index in [4.69, 9.17) is 4.74 Å². The van der Waals surface area contributed by atoms with Crippen LogP contribution >= 0.6 is 0 Å². The number of aliphatic hydroxyl groups excluding tert-OH is 2. The number of allylic oxidation sites excluding steroid dienone is 16. The van der Waals surface area contributed by atoms with E-state index < -0.39 is 29.2 Å². The van der Waals surface area contributed by atoms with E-state index >= 15 is 0 Å². The van der Waals surface area contributed by atoms with E-state index in [0.717, 1.165) is 52.7 Å². The fraction of sp³-hybridized carbons (Fsp3) is 0.538. The van der Waals surface area contributed by atoms with Crippen LogP contribution in [0.3, 0.4) is 0 Å². The van der Waals surface area contributed by atoms with Crippen molar-refractivity contribution in [3.63, 3.8) is 0 Å². The zero-order valence-electron chi connectivity index (χ0n) is 37.6. The Bertz CT molecular complexity index is 1710. The summed E-state index contributed by atoms with van der Waals surface area (Å²) in [5, 5.41) is 31.9. The van der Waals surface area contributed by atoms with E-state index in [-0.39, 0.29) is 24.2 Å². The van der Waals surface area contributed by atoms with Gasteiger partial charge in [0.2, 0.25) is 0 Å². The number of carbonyl (C=O) groups is 2. The van der Waals surface area contributed by atoms with Crippen LogP contribution in [0, 0.1) is 10.8 Å². The Hall–Kier alpha value is -3.84. The minimum atomic E-state index is -1.11. The smallest absolute Gasteiger partial charge is 0.330 e. The zero-order chi connectivity index (χ0) is 43.4. The van der Waals surface area contributed by atoms with Crippen LogP contribution < -0.4 is 0 Å². The van der Waals surface area contributed by atoms with Crippen molar-refractivity contribution in [3.8, 4) is 0 Å². The molecule has 2 aliphatic rings. The lowest BCUT2D eigenvalue weighted by Gasteiger charge is -2.46. The average Bonchev–Trinajstić information content (AvgIpc) is 3.13. The molecule has 3 atom stereocenters. The van der Waals surface area contributed by atoms with Crippen LogP contribution in [0.15, 0.2) is 130 Å². The molecule has 0 aliphatic heterocycles. The maximum atomic E-state index is 13.7. The summed E-state index contributed by atoms with van der Waals surface area (Å²) >= 11 is 0. The van der Waals surface area contributed by atoms with Crippen molar-refractivity contribution in [2.24, 2.45) is 10.8 Å². The normalized spacial score (nSPS) is 23.6. The highest BCUT2D eigenvalue weighted by atomic mass is 16.5. The summed E-state index contributed by atoms with van der Waals surface area (Å²) in [6.45, 7) is 20.1. The lowest BCUT2D eigenvalue weighted by atomic mass is 9.64. The highest BCUT2D eigenvalue weighted by molar-refractivity contribution is 5.98. The molecule has 2 aliphatic carbocycles. The van der Waals surface area contributed by atoms with E-state index in [1.165, 1.54) is 38.2 Å². The van der Waals surface area contributed by atoms with Gasteiger partial charge < -0.3 is 20.1 Å². The standard InChI is InChI=1S/C52H76O6/c1-11-12-13-14-15-16-17-18-19-30-49(56)58-38-44(48(55)35-47-42(5)33-45(53)36-50(47,7)8)29-23-28-40(3)25-21-20-24-39(2)26-22-27-41(4)31-32-52(57)43(6)34-46(54)37-51(52,9)10/h19-32,34,45-46,53-54,57H,11-18,33,35-38H2,1-10H3/b21-20+,26-22+,28-23+,30-19+,32-31+,39-24+,40-25+,41-27+,44-29+/t45-,46+,52-/m1/s1. The number of unbranched alkanes of at least 4 members (excludes halogenated alkanes) is 7. The quantitative estimate of drug-likeness (QED) is 0.0331. The molecule has 3 N–H and O–H groups in total. The van der Waals surface area contributed by atoms with E-state index in [9.17, 15) is 24.9 Å². The van der Waals surface area contributed by atoms with Crippen LogP contribution in [-0.4, -0.2) is 51.5 Å². The van der Waals surface area contributed by atoms with Crippen molar-refractivity contribution < 1.29 is 29.6 Å². The fourth-order valence-corrected chi connectivity index (χ4v) is 7.87. The van der Waals surface area contributed by atoms with E-state index in [1.807, 2.05) is 121 Å². The Labute approximate surface area is 352 Å². The van der Waals surface area contributed by atoms with Gasteiger partial charge in [-0.05, 0) is 83.8 Å². The second-order valence-corrected chi connectivity index (χ2v) is 17.9. The second kappa shape index (κ2) is 24.9. The molecular weight excluding hydrogens is 721 g/mol. The highest BCUT2D eigenvalue weighted by Gasteiger charge is 2.46. The minimum Gasteiger partial charge on any atom is -0.458 e. The van der Waals surface area contributed by atoms with Gasteiger partial charge in [-0.2, -0.15) is 0 Å². The van der Waals surface area contributed by atoms with E-state index in [0.29, 0.717) is 24.8 Å². The Balaban J connectivity index is 2.07. The third-order valence-corrected chi connectivity index (χ3v) is 11.5. The Kier molecular flexibility index (Phi) is 21.6. The molecule has 0 spiro atoms. The molecule has 0 amide bonds. The molecule has 0 heterocycles. The zero-order valence-corrected chi connectivity index (χ0v) is 37.6. The Morgan fingerprint density at radius 3 is 1.95 bits per heavy atom. The van der Waals surface area contributed by atoms with Crippen molar-refractivity contribution in [1.29, 1.82) is 0 Å². The third kappa shape index (κ3) is 17.6. The van der Waals surface area contributed by atoms with Crippen molar-refractivity contribution in [3.05, 3.63) is 130 Å². The molecule has 0 aromatic rings. The summed E-state index contributed by atoms with van der Waals surface area (Å²) in [7, 11) is 0. The Morgan fingerprint density at radius 1 is 0.776 bits per heavy atom. The van der Waals surface area contributed by atoms with Gasteiger partial charge in [0.25, 0.3) is 0 Å². The first-order chi connectivity index (χ1) is 27.3. The number of rotatable bonds is 22. The molecule has 2 rings (SSSR count). The van der Waals surface area contributed by atoms with Crippen molar-refractivity contribution in [2.45, 2.75) is 164 Å². The third-order valence-electron chi connectivity index (χ3n) is 11.5. The predicted molar refractivity (Wildman–Crippen MR) is 243 cm³/mol. The molecule has 0 saturated carbocycles. The van der Waals surface area contributed by atoms with Gasteiger partial charge in [0.05, 0.1) is 12.2 Å². The number of Topliss-reactive ketones (excluding diaryl/α,β-unsaturated/α-hetero) is 1. The maximum absolute atomic E-state index is 13.7. The number of carbonyl (C=O) groups excluding carboxylic acids is 2. The first-order valence-corrected chi connectivity index (χ1v) is 21.6. The predicted octanol–water partition coefficient (Wildman–Crippen LogP) is 12.1. The van der Waals surface area contributed by atoms with Gasteiger partial charge in [-0.1, -0.05) is 180 Å². The summed E-state index contributed by atoms with van der Waals surface area (Å²) in [6.07, 6.45) is 38.6. The molecule has 0 aromatic heterocycles. The van der Waals surface area contributed by atoms with E-state index in [2.05, 4.69) is 20.8 Å². The van der Waals surface area contributed by atoms with Crippen LogP contribution in [0.1, 0.15) is 146 Å². The first-order valence-electron chi connectivity index (χ1n) is 21.6. The second-order valence-electron chi connectivity index (χ2n) is 17.9. The average molecular weight is 797 g/mol. The number of esters is 1. The van der Waals surface area contributed by atoms with Gasteiger partial charge in [0.15, 0.2) is 5.78 Å². The SMILES string of the molecule is CCCCCCCCC/C=C/C(=O)OC\C(=C/C=C/C(C)=C/C=C/C=C(C)/C=C/C=C(C)/C=C/[C@@]1(O)C(C)=C[C@H](O)CC1(C)C)C(=O)CC1=C(C)C[C@@H](O)CC1(C)C. The molecule has 0 saturated heterocycles. The summed E-state index contributed by atoms with van der Waals surface area (Å²) in [6, 6.07) is 0. The van der Waals surface area contributed by atoms with Crippen LogP contribution in [0.2, 0.25) is 0 Å². The molecule has 0 bridgehead atoms. The van der Waals surface area contributed by atoms with Gasteiger partial charge in [0.1, 0.15) is 12.2 Å². The van der Waals surface area contributed by atoms with Crippen molar-refractivity contribution >= 4 is 11.8 Å². The molecule has 6 heteroatoms. The molecule has 320 valence electrons. The highest BCUT2D eigenvalue weighted by Crippen LogP contribution is 2.45. The number of hydrogen-bond acceptors (Lipinski definition) is 6. The fourth-order valence-electron chi connectivity index (χ4n) is 7.87. The molecular formula is C52H76O6. The van der Waals surface area contributed by atoms with E-state index in [1.54, 1.807) is 12.2 Å². The van der Waals surface area contributed by atoms with Crippen LogP contribution in [-0.2, 0) is 14.3 Å². The van der Waals surface area contributed by atoms with Gasteiger partial charge >= 0.3 is 5.97 Å².